The number of carbonyl (C=O) groups excluding carboxylic acids is 1. The standard InChI is InChI=1S/C10H11BrN2O2/c1-2-5-13-9(14)6-15-7-3-4-8(11)12-10(7)13/h3-4H,2,5-6H2,1H3. The van der Waals surface area contributed by atoms with Crippen LogP contribution in [0.15, 0.2) is 16.7 Å². The maximum atomic E-state index is 11.6. The van der Waals surface area contributed by atoms with Crippen LogP contribution in [0.3, 0.4) is 0 Å². The molecule has 0 aromatic carbocycles. The van der Waals surface area contributed by atoms with Crippen molar-refractivity contribution in [1.29, 1.82) is 0 Å². The summed E-state index contributed by atoms with van der Waals surface area (Å²) in [6, 6.07) is 3.63. The van der Waals surface area contributed by atoms with E-state index in [-0.39, 0.29) is 12.5 Å². The van der Waals surface area contributed by atoms with Crippen molar-refractivity contribution in [3.8, 4) is 5.75 Å². The third-order valence-electron chi connectivity index (χ3n) is 2.16. The van der Waals surface area contributed by atoms with Gasteiger partial charge in [0, 0.05) is 6.54 Å². The first kappa shape index (κ1) is 10.4. The molecular formula is C10H11BrN2O2. The number of hydrogen-bond donors (Lipinski definition) is 0. The molecule has 1 aromatic heterocycles. The molecule has 2 rings (SSSR count). The fourth-order valence-electron chi connectivity index (χ4n) is 1.51. The zero-order valence-corrected chi connectivity index (χ0v) is 9.95. The van der Waals surface area contributed by atoms with Crippen LogP contribution in [-0.4, -0.2) is 24.0 Å². The summed E-state index contributed by atoms with van der Waals surface area (Å²) < 4.78 is 6.00. The molecule has 4 nitrogen and oxygen atoms in total. The number of pyridine rings is 1. The maximum Gasteiger partial charge on any atom is 0.266 e. The molecular weight excluding hydrogens is 260 g/mol. The molecule has 1 aromatic rings. The Morgan fingerprint density at radius 3 is 3.13 bits per heavy atom. The maximum absolute atomic E-state index is 11.6. The van der Waals surface area contributed by atoms with Gasteiger partial charge >= 0.3 is 0 Å². The highest BCUT2D eigenvalue weighted by molar-refractivity contribution is 9.10. The van der Waals surface area contributed by atoms with Gasteiger partial charge in [0.25, 0.3) is 5.91 Å². The van der Waals surface area contributed by atoms with E-state index in [1.165, 1.54) is 0 Å². The fraction of sp³-hybridized carbons (Fsp3) is 0.400. The Kier molecular flexibility index (Phi) is 2.90. The smallest absolute Gasteiger partial charge is 0.266 e. The number of fused-ring (bicyclic) bond motifs is 1. The molecule has 0 saturated heterocycles. The Labute approximate surface area is 96.4 Å². The highest BCUT2D eigenvalue weighted by atomic mass is 79.9. The minimum atomic E-state index is -0.0325. The second kappa shape index (κ2) is 4.18. The number of aromatic nitrogens is 1. The van der Waals surface area contributed by atoms with Gasteiger partial charge in [-0.1, -0.05) is 6.92 Å². The Morgan fingerprint density at radius 1 is 1.60 bits per heavy atom. The molecule has 0 atom stereocenters. The van der Waals surface area contributed by atoms with Gasteiger partial charge in [0.2, 0.25) is 0 Å². The van der Waals surface area contributed by atoms with Crippen LogP contribution in [0.2, 0.25) is 0 Å². The van der Waals surface area contributed by atoms with Crippen molar-refractivity contribution in [2.45, 2.75) is 13.3 Å². The number of nitrogens with zero attached hydrogens (tertiary/aromatic N) is 2. The predicted molar refractivity (Wildman–Crippen MR) is 60.1 cm³/mol. The molecule has 5 heteroatoms. The van der Waals surface area contributed by atoms with Gasteiger partial charge < -0.3 is 4.74 Å². The highest BCUT2D eigenvalue weighted by Gasteiger charge is 2.26. The molecule has 0 N–H and O–H groups in total. The lowest BCUT2D eigenvalue weighted by molar-refractivity contribution is -0.121. The van der Waals surface area contributed by atoms with Crippen LogP contribution in [0.1, 0.15) is 13.3 Å². The minimum absolute atomic E-state index is 0.0325. The summed E-state index contributed by atoms with van der Waals surface area (Å²) in [5.41, 5.74) is 0. The van der Waals surface area contributed by atoms with E-state index >= 15 is 0 Å². The summed E-state index contributed by atoms with van der Waals surface area (Å²) in [4.78, 5) is 17.5. The zero-order chi connectivity index (χ0) is 10.8. The summed E-state index contributed by atoms with van der Waals surface area (Å²) >= 11 is 3.28. The Balaban J connectivity index is 2.41. The molecule has 0 bridgehead atoms. The second-order valence-electron chi connectivity index (χ2n) is 3.29. The third-order valence-corrected chi connectivity index (χ3v) is 2.60. The van der Waals surface area contributed by atoms with E-state index in [0.29, 0.717) is 22.7 Å². The van der Waals surface area contributed by atoms with Gasteiger partial charge in [-0.15, -0.1) is 0 Å². The number of carbonyl (C=O) groups is 1. The van der Waals surface area contributed by atoms with Crippen molar-refractivity contribution in [1.82, 2.24) is 4.98 Å². The molecule has 0 spiro atoms. The van der Waals surface area contributed by atoms with Crippen molar-refractivity contribution in [2.75, 3.05) is 18.1 Å². The number of halogens is 1. The molecule has 0 radical (unpaired) electrons. The molecule has 80 valence electrons. The number of hydrogen-bond acceptors (Lipinski definition) is 3. The normalized spacial score (nSPS) is 14.8. The summed E-state index contributed by atoms with van der Waals surface area (Å²) in [6.45, 7) is 2.81. The summed E-state index contributed by atoms with van der Waals surface area (Å²) in [6.07, 6.45) is 0.902. The van der Waals surface area contributed by atoms with E-state index in [4.69, 9.17) is 4.74 Å². The van der Waals surface area contributed by atoms with E-state index < -0.39 is 0 Å². The summed E-state index contributed by atoms with van der Waals surface area (Å²) in [5, 5.41) is 0. The first-order valence-electron chi connectivity index (χ1n) is 4.82. The summed E-state index contributed by atoms with van der Waals surface area (Å²) in [7, 11) is 0. The van der Waals surface area contributed by atoms with Crippen molar-refractivity contribution in [3.63, 3.8) is 0 Å². The van der Waals surface area contributed by atoms with Gasteiger partial charge in [0.05, 0.1) is 0 Å². The second-order valence-corrected chi connectivity index (χ2v) is 4.10. The van der Waals surface area contributed by atoms with Crippen molar-refractivity contribution in [3.05, 3.63) is 16.7 Å². The van der Waals surface area contributed by atoms with Crippen LogP contribution >= 0.6 is 15.9 Å². The summed E-state index contributed by atoms with van der Waals surface area (Å²) in [5.74, 6) is 1.25. The monoisotopic (exact) mass is 270 g/mol. The average Bonchev–Trinajstić information content (AvgIpc) is 2.23. The number of anilines is 1. The molecule has 2 heterocycles. The fourth-order valence-corrected chi connectivity index (χ4v) is 1.81. The van der Waals surface area contributed by atoms with Crippen molar-refractivity contribution < 1.29 is 9.53 Å². The van der Waals surface area contributed by atoms with Gasteiger partial charge in [-0.25, -0.2) is 4.98 Å². The Hall–Kier alpha value is -1.10. The number of rotatable bonds is 2. The van der Waals surface area contributed by atoms with Gasteiger partial charge in [-0.2, -0.15) is 0 Å². The van der Waals surface area contributed by atoms with Crippen LogP contribution in [-0.2, 0) is 4.79 Å². The zero-order valence-electron chi connectivity index (χ0n) is 8.36. The number of amides is 1. The lowest BCUT2D eigenvalue weighted by Crippen LogP contribution is -2.39. The van der Waals surface area contributed by atoms with Gasteiger partial charge in [0.15, 0.2) is 18.2 Å². The quantitative estimate of drug-likeness (QED) is 0.772. The highest BCUT2D eigenvalue weighted by Crippen LogP contribution is 2.31. The SMILES string of the molecule is CCCN1C(=O)COc2ccc(Br)nc21. The van der Waals surface area contributed by atoms with Gasteiger partial charge in [0.1, 0.15) is 4.60 Å². The Morgan fingerprint density at radius 2 is 2.40 bits per heavy atom. The molecule has 1 aliphatic heterocycles. The van der Waals surface area contributed by atoms with E-state index in [1.807, 2.05) is 13.0 Å². The van der Waals surface area contributed by atoms with Crippen LogP contribution in [0.4, 0.5) is 5.82 Å². The third kappa shape index (κ3) is 1.97. The van der Waals surface area contributed by atoms with Gasteiger partial charge in [-0.05, 0) is 34.5 Å². The molecule has 0 aliphatic carbocycles. The number of ether oxygens (including phenoxy) is 1. The van der Waals surface area contributed by atoms with E-state index in [2.05, 4.69) is 20.9 Å². The molecule has 15 heavy (non-hydrogen) atoms. The molecule has 1 amide bonds. The molecule has 0 fully saturated rings. The van der Waals surface area contributed by atoms with E-state index in [0.717, 1.165) is 6.42 Å². The van der Waals surface area contributed by atoms with Crippen LogP contribution < -0.4 is 9.64 Å². The molecule has 0 saturated carbocycles. The lowest BCUT2D eigenvalue weighted by Gasteiger charge is -2.27. The van der Waals surface area contributed by atoms with Crippen LogP contribution in [0.5, 0.6) is 5.75 Å². The van der Waals surface area contributed by atoms with Crippen LogP contribution in [0.25, 0.3) is 0 Å². The topological polar surface area (TPSA) is 42.4 Å². The van der Waals surface area contributed by atoms with Crippen LogP contribution in [0, 0.1) is 0 Å². The molecule has 1 aliphatic rings. The van der Waals surface area contributed by atoms with Crippen molar-refractivity contribution >= 4 is 27.7 Å². The van der Waals surface area contributed by atoms with E-state index in [9.17, 15) is 4.79 Å². The first-order chi connectivity index (χ1) is 7.22. The first-order valence-corrected chi connectivity index (χ1v) is 5.61. The Bertz CT molecular complexity index is 395. The van der Waals surface area contributed by atoms with Crippen molar-refractivity contribution in [2.24, 2.45) is 0 Å². The molecule has 0 unspecified atom stereocenters. The largest absolute Gasteiger partial charge is 0.480 e. The average molecular weight is 271 g/mol. The lowest BCUT2D eigenvalue weighted by atomic mass is 10.3. The predicted octanol–water partition coefficient (Wildman–Crippen LogP) is 1.98. The van der Waals surface area contributed by atoms with E-state index in [1.54, 1.807) is 11.0 Å². The minimum Gasteiger partial charge on any atom is -0.480 e. The van der Waals surface area contributed by atoms with Gasteiger partial charge in [-0.3, -0.25) is 9.69 Å².